The summed E-state index contributed by atoms with van der Waals surface area (Å²) in [5, 5.41) is 0.741. The highest BCUT2D eigenvalue weighted by Gasteiger charge is 2.39. The summed E-state index contributed by atoms with van der Waals surface area (Å²) in [6.45, 7) is 5.09. The highest BCUT2D eigenvalue weighted by Crippen LogP contribution is 2.42. The summed E-state index contributed by atoms with van der Waals surface area (Å²) in [5.41, 5.74) is 8.35. The number of imidazole rings is 1. The Bertz CT molecular complexity index is 624. The Labute approximate surface area is 125 Å². The first-order chi connectivity index (χ1) is 9.57. The van der Waals surface area contributed by atoms with Crippen molar-refractivity contribution in [1.82, 2.24) is 9.55 Å². The Morgan fingerprint density at radius 3 is 2.65 bits per heavy atom. The van der Waals surface area contributed by atoms with Crippen LogP contribution in [0.5, 0.6) is 0 Å². The van der Waals surface area contributed by atoms with E-state index in [4.69, 9.17) is 22.3 Å². The molecule has 0 unspecified atom stereocenters. The van der Waals surface area contributed by atoms with Crippen molar-refractivity contribution in [2.45, 2.75) is 51.0 Å². The Morgan fingerprint density at radius 1 is 1.35 bits per heavy atom. The summed E-state index contributed by atoms with van der Waals surface area (Å²) in [6, 6.07) is 6.35. The Kier molecular flexibility index (Phi) is 3.51. The lowest BCUT2D eigenvalue weighted by molar-refractivity contribution is 0.393. The van der Waals surface area contributed by atoms with Crippen LogP contribution >= 0.6 is 11.6 Å². The summed E-state index contributed by atoms with van der Waals surface area (Å²) in [6.07, 6.45) is 4.79. The molecule has 1 saturated carbocycles. The van der Waals surface area contributed by atoms with Gasteiger partial charge >= 0.3 is 0 Å². The van der Waals surface area contributed by atoms with Gasteiger partial charge in [0, 0.05) is 23.0 Å². The van der Waals surface area contributed by atoms with Gasteiger partial charge in [-0.1, -0.05) is 24.4 Å². The van der Waals surface area contributed by atoms with Crippen LogP contribution in [0.1, 0.15) is 51.4 Å². The van der Waals surface area contributed by atoms with E-state index in [1.54, 1.807) is 0 Å². The van der Waals surface area contributed by atoms with E-state index in [9.17, 15) is 0 Å². The molecule has 2 N–H and O–H groups in total. The maximum absolute atomic E-state index is 6.14. The fourth-order valence-electron chi connectivity index (χ4n) is 3.54. The molecule has 0 spiro atoms. The molecule has 108 valence electrons. The molecule has 0 radical (unpaired) electrons. The Balaban J connectivity index is 2.26. The summed E-state index contributed by atoms with van der Waals surface area (Å²) in [5.74, 6) is 1.16. The largest absolute Gasteiger partial charge is 0.329 e. The average molecular weight is 292 g/mol. The molecule has 1 aromatic carbocycles. The van der Waals surface area contributed by atoms with Crippen molar-refractivity contribution in [3.8, 4) is 0 Å². The average Bonchev–Trinajstić information content (AvgIpc) is 3.02. The molecule has 1 heterocycles. The van der Waals surface area contributed by atoms with Crippen LogP contribution in [0.3, 0.4) is 0 Å². The minimum atomic E-state index is 0.0514. The molecule has 0 saturated heterocycles. The van der Waals surface area contributed by atoms with Crippen molar-refractivity contribution in [1.29, 1.82) is 0 Å². The minimum Gasteiger partial charge on any atom is -0.329 e. The van der Waals surface area contributed by atoms with Crippen LogP contribution in [-0.2, 0) is 5.41 Å². The first-order valence-electron chi connectivity index (χ1n) is 7.45. The number of rotatable bonds is 3. The van der Waals surface area contributed by atoms with Gasteiger partial charge in [0.25, 0.3) is 0 Å². The number of hydrogen-bond acceptors (Lipinski definition) is 2. The molecule has 1 aliphatic rings. The lowest BCUT2D eigenvalue weighted by Crippen LogP contribution is -2.35. The topological polar surface area (TPSA) is 43.8 Å². The number of fused-ring (bicyclic) bond motifs is 1. The zero-order chi connectivity index (χ0) is 14.3. The predicted molar refractivity (Wildman–Crippen MR) is 84.3 cm³/mol. The molecule has 20 heavy (non-hydrogen) atoms. The van der Waals surface area contributed by atoms with Crippen LogP contribution in [0.15, 0.2) is 18.2 Å². The van der Waals surface area contributed by atoms with Crippen LogP contribution in [0.25, 0.3) is 11.0 Å². The normalized spacial score (nSPS) is 18.2. The molecule has 1 aliphatic carbocycles. The smallest absolute Gasteiger partial charge is 0.117 e. The summed E-state index contributed by atoms with van der Waals surface area (Å²) in [4.78, 5) is 4.92. The monoisotopic (exact) mass is 291 g/mol. The number of nitrogens with zero attached hydrogens (tertiary/aromatic N) is 2. The first-order valence-corrected chi connectivity index (χ1v) is 7.83. The van der Waals surface area contributed by atoms with E-state index in [-0.39, 0.29) is 5.41 Å². The quantitative estimate of drug-likeness (QED) is 0.927. The van der Waals surface area contributed by atoms with E-state index < -0.39 is 0 Å². The van der Waals surface area contributed by atoms with Crippen LogP contribution in [0.4, 0.5) is 0 Å². The van der Waals surface area contributed by atoms with Crippen LogP contribution < -0.4 is 5.73 Å². The number of aromatic nitrogens is 2. The maximum atomic E-state index is 6.14. The standard InChI is InChI=1S/C16H22ClN3/c1-11(2)20-14-6-5-12(17)9-13(14)19-15(20)16(10-18)7-3-4-8-16/h5-6,9,11H,3-4,7-8,10,18H2,1-2H3. The molecule has 3 rings (SSSR count). The van der Waals surface area contributed by atoms with E-state index in [2.05, 4.69) is 24.5 Å². The van der Waals surface area contributed by atoms with Crippen molar-refractivity contribution >= 4 is 22.6 Å². The van der Waals surface area contributed by atoms with Gasteiger partial charge in [-0.15, -0.1) is 0 Å². The highest BCUT2D eigenvalue weighted by molar-refractivity contribution is 6.31. The second kappa shape index (κ2) is 5.05. The van der Waals surface area contributed by atoms with Crippen molar-refractivity contribution in [2.75, 3.05) is 6.54 Å². The van der Waals surface area contributed by atoms with Crippen molar-refractivity contribution in [3.05, 3.63) is 29.0 Å². The molecule has 0 atom stereocenters. The summed E-state index contributed by atoms with van der Waals surface area (Å²) < 4.78 is 2.35. The van der Waals surface area contributed by atoms with E-state index in [0.29, 0.717) is 12.6 Å². The molecule has 1 fully saturated rings. The van der Waals surface area contributed by atoms with Crippen LogP contribution in [-0.4, -0.2) is 16.1 Å². The second-order valence-electron chi connectivity index (χ2n) is 6.22. The van der Waals surface area contributed by atoms with E-state index in [1.165, 1.54) is 18.4 Å². The third-order valence-corrected chi connectivity index (χ3v) is 4.83. The molecular weight excluding hydrogens is 270 g/mol. The Morgan fingerprint density at radius 2 is 2.05 bits per heavy atom. The zero-order valence-corrected chi connectivity index (χ0v) is 13.0. The molecule has 1 aromatic heterocycles. The third-order valence-electron chi connectivity index (χ3n) is 4.59. The fourth-order valence-corrected chi connectivity index (χ4v) is 3.71. The van der Waals surface area contributed by atoms with E-state index in [1.807, 2.05) is 12.1 Å². The summed E-state index contributed by atoms with van der Waals surface area (Å²) in [7, 11) is 0. The van der Waals surface area contributed by atoms with Crippen LogP contribution in [0, 0.1) is 0 Å². The molecule has 0 amide bonds. The van der Waals surface area contributed by atoms with Gasteiger partial charge in [0.05, 0.1) is 11.0 Å². The molecule has 2 aromatic rings. The number of halogens is 1. The summed E-state index contributed by atoms with van der Waals surface area (Å²) >= 11 is 6.11. The predicted octanol–water partition coefficient (Wildman–Crippen LogP) is 4.04. The van der Waals surface area contributed by atoms with Gasteiger partial charge in [-0.05, 0) is 44.9 Å². The Hall–Kier alpha value is -1.06. The van der Waals surface area contributed by atoms with Gasteiger partial charge in [0.15, 0.2) is 0 Å². The van der Waals surface area contributed by atoms with E-state index >= 15 is 0 Å². The minimum absolute atomic E-state index is 0.0514. The third kappa shape index (κ3) is 2.04. The van der Waals surface area contributed by atoms with Crippen molar-refractivity contribution in [3.63, 3.8) is 0 Å². The van der Waals surface area contributed by atoms with E-state index in [0.717, 1.165) is 29.2 Å². The zero-order valence-electron chi connectivity index (χ0n) is 12.2. The van der Waals surface area contributed by atoms with Crippen molar-refractivity contribution < 1.29 is 0 Å². The number of nitrogens with two attached hydrogens (primary N) is 1. The molecule has 4 heteroatoms. The maximum Gasteiger partial charge on any atom is 0.117 e. The van der Waals surface area contributed by atoms with Gasteiger partial charge in [-0.3, -0.25) is 0 Å². The lowest BCUT2D eigenvalue weighted by atomic mass is 9.85. The van der Waals surface area contributed by atoms with Crippen molar-refractivity contribution in [2.24, 2.45) is 5.73 Å². The highest BCUT2D eigenvalue weighted by atomic mass is 35.5. The molecular formula is C16H22ClN3. The van der Waals surface area contributed by atoms with Gasteiger partial charge in [-0.2, -0.15) is 0 Å². The van der Waals surface area contributed by atoms with Gasteiger partial charge in [0.1, 0.15) is 5.82 Å². The molecule has 0 bridgehead atoms. The lowest BCUT2D eigenvalue weighted by Gasteiger charge is -2.29. The van der Waals surface area contributed by atoms with Crippen LogP contribution in [0.2, 0.25) is 5.02 Å². The molecule has 0 aliphatic heterocycles. The van der Waals surface area contributed by atoms with Gasteiger partial charge in [0.2, 0.25) is 0 Å². The second-order valence-corrected chi connectivity index (χ2v) is 6.66. The van der Waals surface area contributed by atoms with Gasteiger partial charge < -0.3 is 10.3 Å². The SMILES string of the molecule is CC(C)n1c(C2(CN)CCCC2)nc2cc(Cl)ccc21. The molecule has 3 nitrogen and oxygen atoms in total. The van der Waals surface area contributed by atoms with Gasteiger partial charge in [-0.25, -0.2) is 4.98 Å². The number of benzene rings is 1. The fraction of sp³-hybridized carbons (Fsp3) is 0.562. The first kappa shape index (κ1) is 13.9. The number of hydrogen-bond donors (Lipinski definition) is 1.